The molecule has 8 nitrogen and oxygen atoms in total. The van der Waals surface area contributed by atoms with Crippen LogP contribution in [0.5, 0.6) is 0 Å². The smallest absolute Gasteiger partial charge is 0.408 e. The summed E-state index contributed by atoms with van der Waals surface area (Å²) < 4.78 is 10.5. The van der Waals surface area contributed by atoms with Crippen molar-refractivity contribution in [3.63, 3.8) is 0 Å². The van der Waals surface area contributed by atoms with Gasteiger partial charge in [0.25, 0.3) is 0 Å². The summed E-state index contributed by atoms with van der Waals surface area (Å²) in [5, 5.41) is 8.43. The van der Waals surface area contributed by atoms with Gasteiger partial charge < -0.3 is 20.1 Å². The highest BCUT2D eigenvalue weighted by atomic mass is 32.2. The lowest BCUT2D eigenvalue weighted by molar-refractivity contribution is -0.146. The number of hydrogen-bond acceptors (Lipinski definition) is 7. The van der Waals surface area contributed by atoms with Gasteiger partial charge in [0.05, 0.1) is 7.11 Å². The quantitative estimate of drug-likeness (QED) is 0.0826. The SMILES string of the molecule is C#CCCC(=O)C(SC[C@H](NC(=O)OCc1ccccc1)C(=O)N[C@H](C(=O)OC)C(C)C)[P+](c1ccccc1)(c1ccccc1)c1ccccc1. The summed E-state index contributed by atoms with van der Waals surface area (Å²) in [6.07, 6.45) is 5.22. The number of Topliss-reactive ketones (excluding diaryl/α,β-unsaturated/α-hetero) is 1. The van der Waals surface area contributed by atoms with Crippen LogP contribution in [0.15, 0.2) is 121 Å². The zero-order valence-electron chi connectivity index (χ0n) is 29.1. The van der Waals surface area contributed by atoms with E-state index in [0.29, 0.717) is 0 Å². The molecule has 0 spiro atoms. The summed E-state index contributed by atoms with van der Waals surface area (Å²) in [6.45, 7) is 3.56. The highest BCUT2D eigenvalue weighted by Gasteiger charge is 2.56. The summed E-state index contributed by atoms with van der Waals surface area (Å²) >= 11 is 1.30. The van der Waals surface area contributed by atoms with Crippen molar-refractivity contribution in [3.8, 4) is 12.3 Å². The predicted molar refractivity (Wildman–Crippen MR) is 207 cm³/mol. The summed E-state index contributed by atoms with van der Waals surface area (Å²) in [7, 11) is -1.55. The van der Waals surface area contributed by atoms with Gasteiger partial charge in [-0.25, -0.2) is 9.59 Å². The molecule has 0 aromatic heterocycles. The van der Waals surface area contributed by atoms with E-state index in [1.54, 1.807) is 13.8 Å². The molecular formula is C41H44N2O6PS+. The van der Waals surface area contributed by atoms with Gasteiger partial charge in [-0.05, 0) is 47.9 Å². The highest BCUT2D eigenvalue weighted by Crippen LogP contribution is 2.63. The first kappa shape index (κ1) is 38.9. The van der Waals surface area contributed by atoms with E-state index in [-0.39, 0.29) is 36.9 Å². The van der Waals surface area contributed by atoms with Gasteiger partial charge in [-0.15, -0.1) is 24.1 Å². The van der Waals surface area contributed by atoms with Crippen molar-refractivity contribution in [2.45, 2.75) is 50.4 Å². The van der Waals surface area contributed by atoms with Crippen molar-refractivity contribution in [1.82, 2.24) is 10.6 Å². The lowest BCUT2D eigenvalue weighted by atomic mass is 10.0. The van der Waals surface area contributed by atoms with Crippen LogP contribution < -0.4 is 26.5 Å². The van der Waals surface area contributed by atoms with E-state index in [4.69, 9.17) is 15.9 Å². The number of esters is 1. The van der Waals surface area contributed by atoms with Crippen LogP contribution in [-0.4, -0.2) is 53.7 Å². The Bertz CT molecular complexity index is 1670. The van der Waals surface area contributed by atoms with Crippen LogP contribution in [0.25, 0.3) is 0 Å². The number of ketones is 1. The van der Waals surface area contributed by atoms with Gasteiger partial charge >= 0.3 is 12.1 Å². The monoisotopic (exact) mass is 723 g/mol. The maximum absolute atomic E-state index is 14.6. The van der Waals surface area contributed by atoms with Crippen molar-refractivity contribution in [1.29, 1.82) is 0 Å². The molecular weight excluding hydrogens is 679 g/mol. The topological polar surface area (TPSA) is 111 Å². The van der Waals surface area contributed by atoms with Crippen LogP contribution in [0.3, 0.4) is 0 Å². The van der Waals surface area contributed by atoms with Crippen LogP contribution in [0.2, 0.25) is 0 Å². The molecule has 2 amide bonds. The van der Waals surface area contributed by atoms with Gasteiger partial charge in [0.1, 0.15) is 41.9 Å². The van der Waals surface area contributed by atoms with E-state index in [1.165, 1.54) is 18.9 Å². The van der Waals surface area contributed by atoms with Crippen molar-refractivity contribution in [3.05, 3.63) is 127 Å². The fourth-order valence-corrected chi connectivity index (χ4v) is 13.1. The average Bonchev–Trinajstić information content (AvgIpc) is 3.17. The minimum Gasteiger partial charge on any atom is -0.467 e. The van der Waals surface area contributed by atoms with Crippen molar-refractivity contribution < 1.29 is 28.7 Å². The van der Waals surface area contributed by atoms with E-state index in [1.807, 2.05) is 121 Å². The third kappa shape index (κ3) is 10.1. The summed E-state index contributed by atoms with van der Waals surface area (Å²) in [6, 6.07) is 36.9. The molecule has 264 valence electrons. The molecule has 0 aliphatic rings. The molecule has 0 aliphatic carbocycles. The van der Waals surface area contributed by atoms with Gasteiger partial charge in [0, 0.05) is 18.6 Å². The van der Waals surface area contributed by atoms with Crippen LogP contribution >= 0.6 is 19.0 Å². The number of benzene rings is 4. The van der Waals surface area contributed by atoms with Gasteiger partial charge in [0.2, 0.25) is 5.91 Å². The molecule has 1 unspecified atom stereocenters. The average molecular weight is 724 g/mol. The third-order valence-corrected chi connectivity index (χ3v) is 15.1. The zero-order valence-corrected chi connectivity index (χ0v) is 30.8. The van der Waals surface area contributed by atoms with E-state index < -0.39 is 42.3 Å². The first-order valence-electron chi connectivity index (χ1n) is 16.7. The molecule has 4 aromatic carbocycles. The molecule has 4 rings (SSSR count). The van der Waals surface area contributed by atoms with Crippen molar-refractivity contribution in [2.75, 3.05) is 12.9 Å². The molecule has 0 saturated carbocycles. The lowest BCUT2D eigenvalue weighted by Gasteiger charge is -2.34. The van der Waals surface area contributed by atoms with E-state index >= 15 is 0 Å². The number of ether oxygens (including phenoxy) is 2. The summed E-state index contributed by atoms with van der Waals surface area (Å²) in [4.78, 5) is 53.7. The van der Waals surface area contributed by atoms with E-state index in [2.05, 4.69) is 16.6 Å². The Kier molecular flexibility index (Phi) is 14.9. The number of thioether (sulfide) groups is 1. The van der Waals surface area contributed by atoms with Gasteiger partial charge in [-0.3, -0.25) is 9.59 Å². The zero-order chi connectivity index (χ0) is 36.6. The Morgan fingerprint density at radius 2 is 1.25 bits per heavy atom. The Morgan fingerprint density at radius 1 is 0.765 bits per heavy atom. The maximum atomic E-state index is 14.6. The number of carbonyl (C=O) groups is 4. The molecule has 4 aromatic rings. The number of rotatable bonds is 17. The van der Waals surface area contributed by atoms with Gasteiger partial charge in [-0.2, -0.15) is 0 Å². The van der Waals surface area contributed by atoms with Crippen LogP contribution in [-0.2, 0) is 30.5 Å². The first-order chi connectivity index (χ1) is 24.7. The molecule has 0 heterocycles. The van der Waals surface area contributed by atoms with Crippen LogP contribution in [0.1, 0.15) is 32.3 Å². The predicted octanol–water partition coefficient (Wildman–Crippen LogP) is 5.63. The number of carbonyl (C=O) groups excluding carboxylic acids is 4. The number of hydrogen-bond donors (Lipinski definition) is 2. The second kappa shape index (κ2) is 19.5. The molecule has 0 aliphatic heterocycles. The Labute approximate surface area is 305 Å². The van der Waals surface area contributed by atoms with Crippen LogP contribution in [0, 0.1) is 18.3 Å². The summed E-state index contributed by atoms with van der Waals surface area (Å²) in [5.41, 5.74) is 0.774. The van der Waals surface area contributed by atoms with Gasteiger partial charge in [-0.1, -0.05) is 98.8 Å². The van der Waals surface area contributed by atoms with E-state index in [0.717, 1.165) is 21.5 Å². The standard InChI is InChI=1S/C41H43N2O6PS/c1-5-6-27-36(44)40(50(32-21-13-8-14-22-32,33-23-15-9-16-24-33)34-25-17-10-18-26-34)51-29-35(38(45)43-37(30(2)3)39(46)48-4)42-41(47)49-28-31-19-11-7-12-20-31/h1,7-26,30,35,37,40H,6,27-29H2,2-4H3,(H-,42,43,45,47)/p+1/t35-,37-,40?/m0/s1. The number of terminal acetylenes is 1. The molecule has 10 heteroatoms. The highest BCUT2D eigenvalue weighted by molar-refractivity contribution is 8.15. The minimum absolute atomic E-state index is 0.0111. The van der Waals surface area contributed by atoms with Gasteiger partial charge in [0.15, 0.2) is 10.8 Å². The fraction of sp³-hybridized carbons (Fsp3) is 0.268. The van der Waals surface area contributed by atoms with Crippen molar-refractivity contribution in [2.24, 2.45) is 5.92 Å². The first-order valence-corrected chi connectivity index (χ1v) is 19.6. The minimum atomic E-state index is -2.80. The summed E-state index contributed by atoms with van der Waals surface area (Å²) in [5.74, 6) is 1.01. The third-order valence-electron chi connectivity index (χ3n) is 8.29. The Morgan fingerprint density at radius 3 is 1.71 bits per heavy atom. The van der Waals surface area contributed by atoms with E-state index in [9.17, 15) is 19.2 Å². The second-order valence-corrected chi connectivity index (χ2v) is 17.1. The van der Waals surface area contributed by atoms with Crippen molar-refractivity contribution >= 4 is 58.7 Å². The number of nitrogens with one attached hydrogen (secondary N) is 2. The molecule has 0 bridgehead atoms. The maximum Gasteiger partial charge on any atom is 0.408 e. The molecule has 0 radical (unpaired) electrons. The molecule has 0 saturated heterocycles. The largest absolute Gasteiger partial charge is 0.467 e. The Balaban J connectivity index is 1.80. The molecule has 0 fully saturated rings. The normalized spacial score (nSPS) is 12.8. The molecule has 3 atom stereocenters. The number of amides is 2. The Hall–Kier alpha value is -4.90. The molecule has 51 heavy (non-hydrogen) atoms. The number of methoxy groups -OCH3 is 1. The second-order valence-electron chi connectivity index (χ2n) is 12.1. The number of alkyl carbamates (subject to hydrolysis) is 1. The molecule has 2 N–H and O–H groups in total. The lowest BCUT2D eigenvalue weighted by Crippen LogP contribution is -2.54. The van der Waals surface area contributed by atoms with Crippen LogP contribution in [0.4, 0.5) is 4.79 Å². The fourth-order valence-electron chi connectivity index (χ4n) is 5.74.